The summed E-state index contributed by atoms with van der Waals surface area (Å²) in [6.45, 7) is 2.39. The van der Waals surface area contributed by atoms with Crippen LogP contribution in [0.25, 0.3) is 0 Å². The lowest BCUT2D eigenvalue weighted by Gasteiger charge is -2.13. The number of carbonyl (C=O) groups excluding carboxylic acids is 1. The lowest BCUT2D eigenvalue weighted by molar-refractivity contribution is -0.117. The molecular formula is C14H20N2O4. The second kappa shape index (κ2) is 7.49. The molecule has 1 amide bonds. The van der Waals surface area contributed by atoms with Gasteiger partial charge in [-0.15, -0.1) is 0 Å². The van der Waals surface area contributed by atoms with Gasteiger partial charge in [-0.05, 0) is 30.7 Å². The lowest BCUT2D eigenvalue weighted by atomic mass is 10.0. The maximum Gasteiger partial charge on any atom is 0.337 e. The van der Waals surface area contributed by atoms with Gasteiger partial charge in [-0.25, -0.2) is 4.79 Å². The van der Waals surface area contributed by atoms with Gasteiger partial charge in [0.25, 0.3) is 0 Å². The number of nitrogens with two attached hydrogens (primary N) is 1. The monoisotopic (exact) mass is 280 g/mol. The van der Waals surface area contributed by atoms with Crippen molar-refractivity contribution in [1.29, 1.82) is 0 Å². The Morgan fingerprint density at radius 1 is 1.45 bits per heavy atom. The van der Waals surface area contributed by atoms with E-state index in [4.69, 9.17) is 15.6 Å². The van der Waals surface area contributed by atoms with Crippen molar-refractivity contribution in [3.8, 4) is 5.75 Å². The van der Waals surface area contributed by atoms with Gasteiger partial charge in [-0.2, -0.15) is 0 Å². The van der Waals surface area contributed by atoms with Crippen molar-refractivity contribution in [3.05, 3.63) is 23.8 Å². The lowest BCUT2D eigenvalue weighted by Crippen LogP contribution is -2.22. The first-order valence-corrected chi connectivity index (χ1v) is 6.43. The van der Waals surface area contributed by atoms with E-state index < -0.39 is 5.97 Å². The normalized spacial score (nSPS) is 11.8. The van der Waals surface area contributed by atoms with Crippen molar-refractivity contribution in [2.45, 2.75) is 19.8 Å². The van der Waals surface area contributed by atoms with Gasteiger partial charge < -0.3 is 20.9 Å². The quantitative estimate of drug-likeness (QED) is 0.705. The Morgan fingerprint density at radius 2 is 2.15 bits per heavy atom. The number of rotatable bonds is 7. The molecule has 4 N–H and O–H groups in total. The smallest absolute Gasteiger partial charge is 0.337 e. The van der Waals surface area contributed by atoms with Gasteiger partial charge in [-0.3, -0.25) is 4.79 Å². The number of carboxylic acids is 1. The molecule has 0 fully saturated rings. The standard InChI is InChI=1S/C14H20N2O4/c1-3-9(8-15)6-13(17)16-12-5-4-10(20-2)7-11(12)14(18)19/h4-5,7,9H,3,6,8,15H2,1-2H3,(H,16,17)(H,18,19). The average Bonchev–Trinajstić information content (AvgIpc) is 2.44. The number of aromatic carboxylic acids is 1. The molecule has 0 aromatic heterocycles. The molecule has 0 radical (unpaired) electrons. The molecule has 6 nitrogen and oxygen atoms in total. The first kappa shape index (κ1) is 16.0. The predicted octanol–water partition coefficient (Wildman–Crippen LogP) is 1.71. The molecule has 0 saturated carbocycles. The van der Waals surface area contributed by atoms with Crippen molar-refractivity contribution >= 4 is 17.6 Å². The van der Waals surface area contributed by atoms with Crippen LogP contribution < -0.4 is 15.8 Å². The van der Waals surface area contributed by atoms with E-state index in [0.717, 1.165) is 6.42 Å². The molecule has 0 spiro atoms. The molecule has 1 rings (SSSR count). The maximum atomic E-state index is 11.9. The van der Waals surface area contributed by atoms with Crippen molar-refractivity contribution in [1.82, 2.24) is 0 Å². The fourth-order valence-electron chi connectivity index (χ4n) is 1.79. The molecule has 1 aromatic carbocycles. The van der Waals surface area contributed by atoms with Crippen LogP contribution in [0.15, 0.2) is 18.2 Å². The number of nitrogens with one attached hydrogen (secondary N) is 1. The number of hydrogen-bond donors (Lipinski definition) is 3. The Balaban J connectivity index is 2.86. The molecule has 1 aromatic rings. The summed E-state index contributed by atoms with van der Waals surface area (Å²) in [6, 6.07) is 4.49. The fourth-order valence-corrected chi connectivity index (χ4v) is 1.79. The van der Waals surface area contributed by atoms with Crippen molar-refractivity contribution < 1.29 is 19.4 Å². The molecule has 1 unspecified atom stereocenters. The molecule has 0 aliphatic rings. The zero-order valence-corrected chi connectivity index (χ0v) is 11.7. The third kappa shape index (κ3) is 4.24. The number of methoxy groups -OCH3 is 1. The number of anilines is 1. The summed E-state index contributed by atoms with van der Waals surface area (Å²) in [5, 5.41) is 11.8. The van der Waals surface area contributed by atoms with E-state index in [-0.39, 0.29) is 29.5 Å². The minimum Gasteiger partial charge on any atom is -0.497 e. The molecular weight excluding hydrogens is 260 g/mol. The average molecular weight is 280 g/mol. The fraction of sp³-hybridized carbons (Fsp3) is 0.429. The molecule has 1 atom stereocenters. The van der Waals surface area contributed by atoms with E-state index in [2.05, 4.69) is 5.32 Å². The Bertz CT molecular complexity index is 484. The van der Waals surface area contributed by atoms with Crippen LogP contribution in [-0.4, -0.2) is 30.6 Å². The summed E-state index contributed by atoms with van der Waals surface area (Å²) < 4.78 is 4.97. The predicted molar refractivity (Wildman–Crippen MR) is 76.0 cm³/mol. The second-order valence-electron chi connectivity index (χ2n) is 4.48. The Kier molecular flexibility index (Phi) is 5.99. The van der Waals surface area contributed by atoms with Gasteiger partial charge >= 0.3 is 5.97 Å². The van der Waals surface area contributed by atoms with Crippen molar-refractivity contribution in [3.63, 3.8) is 0 Å². The van der Waals surface area contributed by atoms with Gasteiger partial charge in [0.05, 0.1) is 18.4 Å². The van der Waals surface area contributed by atoms with Crippen molar-refractivity contribution in [2.24, 2.45) is 11.7 Å². The number of ether oxygens (including phenoxy) is 1. The van der Waals surface area contributed by atoms with Crippen LogP contribution in [0.3, 0.4) is 0 Å². The number of hydrogen-bond acceptors (Lipinski definition) is 4. The SMILES string of the molecule is CCC(CN)CC(=O)Nc1ccc(OC)cc1C(=O)O. The van der Waals surface area contributed by atoms with Crippen LogP contribution in [0.2, 0.25) is 0 Å². The van der Waals surface area contributed by atoms with E-state index in [1.807, 2.05) is 6.92 Å². The molecule has 6 heteroatoms. The topological polar surface area (TPSA) is 102 Å². The van der Waals surface area contributed by atoms with E-state index in [9.17, 15) is 9.59 Å². The van der Waals surface area contributed by atoms with Crippen molar-refractivity contribution in [2.75, 3.05) is 19.0 Å². The first-order valence-electron chi connectivity index (χ1n) is 6.43. The summed E-state index contributed by atoms with van der Waals surface area (Å²) in [5.74, 6) is -0.838. The highest BCUT2D eigenvalue weighted by atomic mass is 16.5. The minimum absolute atomic E-state index is 0.00139. The first-order chi connectivity index (χ1) is 9.51. The summed E-state index contributed by atoms with van der Waals surface area (Å²) in [6.07, 6.45) is 1.08. The van der Waals surface area contributed by atoms with Crippen LogP contribution in [-0.2, 0) is 4.79 Å². The highest BCUT2D eigenvalue weighted by Gasteiger charge is 2.16. The minimum atomic E-state index is -1.12. The van der Waals surface area contributed by atoms with Crippen LogP contribution in [0.1, 0.15) is 30.1 Å². The van der Waals surface area contributed by atoms with E-state index in [1.54, 1.807) is 6.07 Å². The van der Waals surface area contributed by atoms with Crippen LogP contribution in [0.5, 0.6) is 5.75 Å². The molecule has 0 bridgehead atoms. The van der Waals surface area contributed by atoms with E-state index in [1.165, 1.54) is 19.2 Å². The molecule has 0 saturated heterocycles. The highest BCUT2D eigenvalue weighted by molar-refractivity contribution is 6.00. The van der Waals surface area contributed by atoms with Gasteiger partial charge in [0.15, 0.2) is 0 Å². The van der Waals surface area contributed by atoms with Gasteiger partial charge in [0.1, 0.15) is 5.75 Å². The summed E-state index contributed by atoms with van der Waals surface area (Å²) in [4.78, 5) is 23.1. The molecule has 110 valence electrons. The summed E-state index contributed by atoms with van der Waals surface area (Å²) >= 11 is 0. The Morgan fingerprint density at radius 3 is 2.65 bits per heavy atom. The molecule has 0 aliphatic carbocycles. The van der Waals surface area contributed by atoms with E-state index in [0.29, 0.717) is 12.3 Å². The summed E-state index contributed by atoms with van der Waals surface area (Å²) in [5.41, 5.74) is 5.81. The Labute approximate surface area is 117 Å². The number of carbonyl (C=O) groups is 2. The molecule has 0 heterocycles. The Hall–Kier alpha value is -2.08. The number of benzene rings is 1. The van der Waals surface area contributed by atoms with Crippen LogP contribution >= 0.6 is 0 Å². The number of amides is 1. The highest BCUT2D eigenvalue weighted by Crippen LogP contribution is 2.22. The van der Waals surface area contributed by atoms with Gasteiger partial charge in [0, 0.05) is 6.42 Å². The number of carboxylic acid groups (broad SMARTS) is 1. The van der Waals surface area contributed by atoms with Crippen LogP contribution in [0.4, 0.5) is 5.69 Å². The largest absolute Gasteiger partial charge is 0.497 e. The third-order valence-corrected chi connectivity index (χ3v) is 3.12. The zero-order valence-electron chi connectivity index (χ0n) is 11.7. The zero-order chi connectivity index (χ0) is 15.1. The third-order valence-electron chi connectivity index (χ3n) is 3.12. The molecule has 20 heavy (non-hydrogen) atoms. The molecule has 0 aliphatic heterocycles. The second-order valence-corrected chi connectivity index (χ2v) is 4.48. The summed E-state index contributed by atoms with van der Waals surface area (Å²) in [7, 11) is 1.45. The van der Waals surface area contributed by atoms with Gasteiger partial charge in [0.2, 0.25) is 5.91 Å². The van der Waals surface area contributed by atoms with E-state index >= 15 is 0 Å². The van der Waals surface area contributed by atoms with Crippen LogP contribution in [0, 0.1) is 5.92 Å². The van der Waals surface area contributed by atoms with Gasteiger partial charge in [-0.1, -0.05) is 13.3 Å². The maximum absolute atomic E-state index is 11.9.